The van der Waals surface area contributed by atoms with E-state index in [0.29, 0.717) is 18.4 Å². The van der Waals surface area contributed by atoms with Gasteiger partial charge in [-0.15, -0.1) is 13.2 Å². The smallest absolute Gasteiger partial charge is 0.444 e. The van der Waals surface area contributed by atoms with Crippen LogP contribution in [0.15, 0.2) is 18.2 Å². The Labute approximate surface area is 278 Å². The molecule has 1 unspecified atom stereocenters. The Balaban J connectivity index is 2.01. The zero-order valence-electron chi connectivity index (χ0n) is 28.1. The third kappa shape index (κ3) is 11.2. The molecule has 1 saturated heterocycles. The summed E-state index contributed by atoms with van der Waals surface area (Å²) < 4.78 is 95.7. The van der Waals surface area contributed by atoms with Gasteiger partial charge in [-0.25, -0.2) is 14.6 Å². The van der Waals surface area contributed by atoms with E-state index < -0.39 is 71.4 Å². The second-order valence-corrected chi connectivity index (χ2v) is 15.7. The number of anilines is 1. The number of aryl methyl sites for hydroxylation is 1. The van der Waals surface area contributed by atoms with Gasteiger partial charge in [0.25, 0.3) is 5.91 Å². The van der Waals surface area contributed by atoms with Crippen LogP contribution < -0.4 is 15.0 Å². The Morgan fingerprint density at radius 3 is 2.15 bits per heavy atom. The zero-order chi connectivity index (χ0) is 36.6. The number of fused-ring (bicyclic) bond motifs is 1. The van der Waals surface area contributed by atoms with E-state index in [9.17, 15) is 40.7 Å². The lowest BCUT2D eigenvalue weighted by atomic mass is 10.1. The predicted octanol–water partition coefficient (Wildman–Crippen LogP) is 7.61. The van der Waals surface area contributed by atoms with E-state index in [1.54, 1.807) is 32.5 Å². The molecular formula is C31H40F6N4O6S. The monoisotopic (exact) mass is 710 g/mol. The van der Waals surface area contributed by atoms with Gasteiger partial charge >= 0.3 is 24.7 Å². The maximum Gasteiger partial charge on any atom is 0.573 e. The van der Waals surface area contributed by atoms with Crippen LogP contribution in [0, 0.1) is 6.92 Å². The Bertz CT molecular complexity index is 1540. The average Bonchev–Trinajstić information content (AvgIpc) is 2.87. The van der Waals surface area contributed by atoms with Gasteiger partial charge in [-0.2, -0.15) is 24.9 Å². The van der Waals surface area contributed by atoms with Gasteiger partial charge in [0.05, 0.1) is 11.7 Å². The first kappa shape index (κ1) is 38.8. The molecule has 0 aliphatic carbocycles. The fourth-order valence-corrected chi connectivity index (χ4v) is 5.85. The SMILES string of the molecule is Cc1cc(C(=O)NCC2CSC(C)(C)CN2C(=O)OC(C)(C)C)nc2c(OC(F)(F)F)cc(N(CC(F)(F)F)C(=O)OC(C)(C)C)cc12. The quantitative estimate of drug-likeness (QED) is 0.305. The normalized spacial score (nSPS) is 17.1. The molecule has 10 nitrogen and oxygen atoms in total. The van der Waals surface area contributed by atoms with Gasteiger partial charge in [0, 0.05) is 35.0 Å². The van der Waals surface area contributed by atoms with E-state index in [1.165, 1.54) is 38.7 Å². The molecule has 0 radical (unpaired) electrons. The summed E-state index contributed by atoms with van der Waals surface area (Å²) in [5, 5.41) is 2.56. The van der Waals surface area contributed by atoms with Crippen molar-refractivity contribution in [1.29, 1.82) is 0 Å². The zero-order valence-corrected chi connectivity index (χ0v) is 28.9. The molecule has 3 rings (SSSR count). The summed E-state index contributed by atoms with van der Waals surface area (Å²) in [6.07, 6.45) is -12.3. The number of amides is 3. The number of alkyl halides is 6. The molecule has 1 aromatic carbocycles. The van der Waals surface area contributed by atoms with Crippen molar-refractivity contribution in [3.63, 3.8) is 0 Å². The number of hydrogen-bond donors (Lipinski definition) is 1. The van der Waals surface area contributed by atoms with Crippen LogP contribution in [0.1, 0.15) is 71.4 Å². The fourth-order valence-electron chi connectivity index (χ4n) is 4.68. The van der Waals surface area contributed by atoms with Crippen LogP contribution in [0.2, 0.25) is 0 Å². The molecule has 17 heteroatoms. The molecule has 2 heterocycles. The van der Waals surface area contributed by atoms with E-state index >= 15 is 0 Å². The maximum absolute atomic E-state index is 13.5. The summed E-state index contributed by atoms with van der Waals surface area (Å²) in [4.78, 5) is 44.9. The van der Waals surface area contributed by atoms with Gasteiger partial charge in [-0.05, 0) is 80.0 Å². The standard InChI is InChI=1S/C31H40F6N4O6S/c1-17-10-21(24(42)38-13-19-14-48-29(8,9)15-40(19)25(43)46-27(2,3)4)39-23-20(17)11-18(12-22(23)45-31(35,36)37)41(16-30(32,33)34)26(44)47-28(5,6)7/h10-12,19H,13-16H2,1-9H3,(H,38,42). The highest BCUT2D eigenvalue weighted by molar-refractivity contribution is 8.00. The van der Waals surface area contributed by atoms with Gasteiger partial charge in [0.2, 0.25) is 0 Å². The number of pyridine rings is 1. The van der Waals surface area contributed by atoms with E-state index in [0.717, 1.165) is 6.07 Å². The average molecular weight is 711 g/mol. The number of carbonyl (C=O) groups is 3. The molecule has 0 bridgehead atoms. The van der Waals surface area contributed by atoms with Gasteiger partial charge < -0.3 is 24.4 Å². The van der Waals surface area contributed by atoms with Crippen LogP contribution in [-0.4, -0.2) is 87.9 Å². The molecular weight excluding hydrogens is 670 g/mol. The summed E-state index contributed by atoms with van der Waals surface area (Å²) in [5.41, 5.74) is -3.23. The number of nitrogens with one attached hydrogen (secondary N) is 1. The Hall–Kier alpha value is -3.63. The van der Waals surface area contributed by atoms with E-state index in [2.05, 4.69) is 15.0 Å². The van der Waals surface area contributed by atoms with Gasteiger partial charge in [-0.3, -0.25) is 9.69 Å². The highest BCUT2D eigenvalue weighted by atomic mass is 32.2. The molecule has 0 saturated carbocycles. The lowest BCUT2D eigenvalue weighted by molar-refractivity contribution is -0.274. The molecule has 48 heavy (non-hydrogen) atoms. The van der Waals surface area contributed by atoms with Crippen LogP contribution in [-0.2, 0) is 9.47 Å². The van der Waals surface area contributed by atoms with Gasteiger partial charge in [-0.1, -0.05) is 0 Å². The summed E-state index contributed by atoms with van der Waals surface area (Å²) >= 11 is 1.59. The van der Waals surface area contributed by atoms with Crippen molar-refractivity contribution in [3.8, 4) is 5.75 Å². The Kier molecular flexibility index (Phi) is 11.1. The van der Waals surface area contributed by atoms with Crippen LogP contribution in [0.3, 0.4) is 0 Å². The summed E-state index contributed by atoms with van der Waals surface area (Å²) in [7, 11) is 0. The number of thioether (sulfide) groups is 1. The first-order chi connectivity index (χ1) is 21.6. The molecule has 1 aliphatic rings. The summed E-state index contributed by atoms with van der Waals surface area (Å²) in [6.45, 7) is 13.2. The van der Waals surface area contributed by atoms with Crippen LogP contribution in [0.4, 0.5) is 41.6 Å². The Morgan fingerprint density at radius 1 is 1.00 bits per heavy atom. The van der Waals surface area contributed by atoms with Gasteiger partial charge in [0.15, 0.2) is 5.75 Å². The number of nitrogens with zero attached hydrogens (tertiary/aromatic N) is 3. The topological polar surface area (TPSA) is 110 Å². The second kappa shape index (κ2) is 13.7. The maximum atomic E-state index is 13.5. The number of carbonyl (C=O) groups excluding carboxylic acids is 3. The van der Waals surface area contributed by atoms with E-state index in [1.807, 2.05) is 13.8 Å². The summed E-state index contributed by atoms with van der Waals surface area (Å²) in [6, 6.07) is 2.38. The predicted molar refractivity (Wildman–Crippen MR) is 168 cm³/mol. The number of hydrogen-bond acceptors (Lipinski definition) is 8. The fraction of sp³-hybridized carbons (Fsp3) is 0.613. The molecule has 268 valence electrons. The van der Waals surface area contributed by atoms with Crippen molar-refractivity contribution < 1.29 is 54.9 Å². The molecule has 1 aliphatic heterocycles. The first-order valence-corrected chi connectivity index (χ1v) is 15.8. The third-order valence-corrected chi connectivity index (χ3v) is 8.04. The minimum absolute atomic E-state index is 0.0347. The molecule has 1 aromatic heterocycles. The number of aromatic nitrogens is 1. The minimum atomic E-state index is -5.31. The van der Waals surface area contributed by atoms with E-state index in [4.69, 9.17) is 9.47 Å². The highest BCUT2D eigenvalue weighted by Crippen LogP contribution is 2.38. The highest BCUT2D eigenvalue weighted by Gasteiger charge is 2.40. The molecule has 1 N–H and O–H groups in total. The molecule has 3 amide bonds. The molecule has 0 spiro atoms. The Morgan fingerprint density at radius 2 is 1.60 bits per heavy atom. The number of ether oxygens (including phenoxy) is 3. The van der Waals surface area contributed by atoms with Crippen LogP contribution in [0.25, 0.3) is 10.9 Å². The third-order valence-electron chi connectivity index (χ3n) is 6.58. The summed E-state index contributed by atoms with van der Waals surface area (Å²) in [5.74, 6) is -1.37. The number of halogens is 6. The second-order valence-electron chi connectivity index (χ2n) is 13.9. The van der Waals surface area contributed by atoms with Crippen molar-refractivity contribution >= 4 is 46.4 Å². The largest absolute Gasteiger partial charge is 0.573 e. The van der Waals surface area contributed by atoms with Crippen molar-refractivity contribution in [1.82, 2.24) is 15.2 Å². The molecule has 1 atom stereocenters. The molecule has 1 fully saturated rings. The number of rotatable bonds is 6. The van der Waals surface area contributed by atoms with Crippen LogP contribution >= 0.6 is 11.8 Å². The first-order valence-electron chi connectivity index (χ1n) is 14.8. The van der Waals surface area contributed by atoms with Crippen molar-refractivity contribution in [2.24, 2.45) is 0 Å². The van der Waals surface area contributed by atoms with Crippen molar-refractivity contribution in [3.05, 3.63) is 29.5 Å². The molecule has 2 aromatic rings. The lowest BCUT2D eigenvalue weighted by Crippen LogP contribution is -2.57. The lowest BCUT2D eigenvalue weighted by Gasteiger charge is -2.43. The van der Waals surface area contributed by atoms with E-state index in [-0.39, 0.29) is 32.8 Å². The minimum Gasteiger partial charge on any atom is -0.444 e. The van der Waals surface area contributed by atoms with Crippen molar-refractivity contribution in [2.75, 3.05) is 30.3 Å². The van der Waals surface area contributed by atoms with Crippen LogP contribution in [0.5, 0.6) is 5.75 Å². The van der Waals surface area contributed by atoms with Gasteiger partial charge in [0.1, 0.15) is 29.0 Å². The van der Waals surface area contributed by atoms with Crippen molar-refractivity contribution in [2.45, 2.75) is 96.8 Å². The number of benzene rings is 1.